The van der Waals surface area contributed by atoms with Gasteiger partial charge in [0.25, 0.3) is 0 Å². The number of hydrogen-bond donors (Lipinski definition) is 0. The predicted molar refractivity (Wildman–Crippen MR) is 70.6 cm³/mol. The van der Waals surface area contributed by atoms with E-state index >= 15 is 0 Å². The van der Waals surface area contributed by atoms with Gasteiger partial charge < -0.3 is 0 Å². The topological polar surface area (TPSA) is 0 Å². The molecule has 0 N–H and O–H groups in total. The number of rotatable bonds is 3. The van der Waals surface area contributed by atoms with Crippen LogP contribution in [0, 0.1) is 0 Å². The lowest BCUT2D eigenvalue weighted by molar-refractivity contribution is 1.25. The SMILES string of the molecule is C=C(Cl)Cc1cccc(-c2ccccc2)c1. The zero-order valence-corrected chi connectivity index (χ0v) is 9.74. The van der Waals surface area contributed by atoms with Crippen LogP contribution in [-0.4, -0.2) is 0 Å². The second-order valence-corrected chi connectivity index (χ2v) is 4.29. The molecule has 0 spiro atoms. The van der Waals surface area contributed by atoms with Gasteiger partial charge in [0.05, 0.1) is 0 Å². The highest BCUT2D eigenvalue weighted by atomic mass is 35.5. The summed E-state index contributed by atoms with van der Waals surface area (Å²) in [5, 5.41) is 0.671. The Bertz CT molecular complexity index is 486. The minimum Gasteiger partial charge on any atom is -0.0894 e. The molecule has 0 fully saturated rings. The van der Waals surface area contributed by atoms with E-state index < -0.39 is 0 Å². The van der Waals surface area contributed by atoms with Gasteiger partial charge in [-0.05, 0) is 16.7 Å². The normalized spacial score (nSPS) is 10.1. The number of benzene rings is 2. The van der Waals surface area contributed by atoms with E-state index in [1.807, 2.05) is 18.2 Å². The van der Waals surface area contributed by atoms with Crippen molar-refractivity contribution >= 4 is 11.6 Å². The first kappa shape index (κ1) is 11.0. The Morgan fingerprint density at radius 2 is 1.62 bits per heavy atom. The van der Waals surface area contributed by atoms with Crippen LogP contribution in [0.15, 0.2) is 66.2 Å². The summed E-state index contributed by atoms with van der Waals surface area (Å²) in [6.45, 7) is 3.72. The van der Waals surface area contributed by atoms with Gasteiger partial charge in [-0.15, -0.1) is 0 Å². The molecule has 0 nitrogen and oxygen atoms in total. The molecule has 0 aliphatic heterocycles. The third-order valence-electron chi connectivity index (χ3n) is 2.43. The fourth-order valence-electron chi connectivity index (χ4n) is 1.71. The fraction of sp³-hybridized carbons (Fsp3) is 0.0667. The molecule has 0 saturated carbocycles. The molecule has 0 unspecified atom stereocenters. The van der Waals surface area contributed by atoms with Crippen LogP contribution in [-0.2, 0) is 6.42 Å². The Kier molecular flexibility index (Phi) is 3.43. The third-order valence-corrected chi connectivity index (χ3v) is 2.56. The Balaban J connectivity index is 2.33. The van der Waals surface area contributed by atoms with Crippen LogP contribution in [0.5, 0.6) is 0 Å². The van der Waals surface area contributed by atoms with Crippen molar-refractivity contribution in [3.05, 3.63) is 71.8 Å². The molecule has 2 rings (SSSR count). The lowest BCUT2D eigenvalue weighted by atomic mass is 10.0. The zero-order chi connectivity index (χ0) is 11.4. The van der Waals surface area contributed by atoms with Crippen LogP contribution in [0.3, 0.4) is 0 Å². The molecule has 2 aromatic carbocycles. The van der Waals surface area contributed by atoms with E-state index in [1.165, 1.54) is 16.7 Å². The summed E-state index contributed by atoms with van der Waals surface area (Å²) in [6.07, 6.45) is 0.724. The van der Waals surface area contributed by atoms with E-state index in [2.05, 4.69) is 43.0 Å². The maximum atomic E-state index is 5.82. The number of allylic oxidation sites excluding steroid dienone is 1. The van der Waals surface area contributed by atoms with Gasteiger partial charge in [-0.2, -0.15) is 0 Å². The molecule has 0 heterocycles. The van der Waals surface area contributed by atoms with E-state index in [1.54, 1.807) is 0 Å². The van der Waals surface area contributed by atoms with Crippen LogP contribution in [0.4, 0.5) is 0 Å². The zero-order valence-electron chi connectivity index (χ0n) is 8.99. The fourth-order valence-corrected chi connectivity index (χ4v) is 1.87. The summed E-state index contributed by atoms with van der Waals surface area (Å²) in [4.78, 5) is 0. The van der Waals surface area contributed by atoms with Crippen LogP contribution in [0.1, 0.15) is 5.56 Å². The summed E-state index contributed by atoms with van der Waals surface area (Å²) >= 11 is 5.82. The van der Waals surface area contributed by atoms with Crippen LogP contribution < -0.4 is 0 Å². The number of halogens is 1. The average molecular weight is 229 g/mol. The van der Waals surface area contributed by atoms with E-state index in [0.717, 1.165) is 6.42 Å². The molecule has 0 saturated heterocycles. The molecule has 0 aliphatic rings. The Morgan fingerprint density at radius 3 is 2.31 bits per heavy atom. The molecule has 16 heavy (non-hydrogen) atoms. The highest BCUT2D eigenvalue weighted by Crippen LogP contribution is 2.21. The largest absolute Gasteiger partial charge is 0.0894 e. The third kappa shape index (κ3) is 2.74. The standard InChI is InChI=1S/C15H13Cl/c1-12(16)10-13-6-5-9-15(11-13)14-7-3-2-4-8-14/h2-9,11H,1,10H2. The summed E-state index contributed by atoms with van der Waals surface area (Å²) in [7, 11) is 0. The van der Waals surface area contributed by atoms with Crippen molar-refractivity contribution in [1.29, 1.82) is 0 Å². The second kappa shape index (κ2) is 5.00. The quantitative estimate of drug-likeness (QED) is 0.718. The molecule has 0 aromatic heterocycles. The molecule has 0 atom stereocenters. The molecule has 2 aromatic rings. The van der Waals surface area contributed by atoms with Gasteiger partial charge in [0.1, 0.15) is 0 Å². The van der Waals surface area contributed by atoms with Crippen molar-refractivity contribution in [3.63, 3.8) is 0 Å². The minimum absolute atomic E-state index is 0.671. The molecule has 0 amide bonds. The van der Waals surface area contributed by atoms with Crippen molar-refractivity contribution in [2.45, 2.75) is 6.42 Å². The first-order valence-corrected chi connectivity index (χ1v) is 5.61. The smallest absolute Gasteiger partial charge is 0.0153 e. The van der Waals surface area contributed by atoms with Gasteiger partial charge in [0.15, 0.2) is 0 Å². The van der Waals surface area contributed by atoms with Gasteiger partial charge in [0.2, 0.25) is 0 Å². The highest BCUT2D eigenvalue weighted by Gasteiger charge is 1.99. The van der Waals surface area contributed by atoms with Crippen molar-refractivity contribution in [3.8, 4) is 11.1 Å². The van der Waals surface area contributed by atoms with Crippen molar-refractivity contribution in [1.82, 2.24) is 0 Å². The lowest BCUT2D eigenvalue weighted by Crippen LogP contribution is -1.85. The minimum atomic E-state index is 0.671. The van der Waals surface area contributed by atoms with Crippen LogP contribution in [0.25, 0.3) is 11.1 Å². The van der Waals surface area contributed by atoms with Crippen molar-refractivity contribution in [2.24, 2.45) is 0 Å². The monoisotopic (exact) mass is 228 g/mol. The Labute approximate surface area is 101 Å². The van der Waals surface area contributed by atoms with Gasteiger partial charge >= 0.3 is 0 Å². The van der Waals surface area contributed by atoms with Crippen LogP contribution >= 0.6 is 11.6 Å². The van der Waals surface area contributed by atoms with E-state index in [4.69, 9.17) is 11.6 Å². The average Bonchev–Trinajstić information content (AvgIpc) is 2.30. The highest BCUT2D eigenvalue weighted by molar-refractivity contribution is 6.29. The molecule has 80 valence electrons. The van der Waals surface area contributed by atoms with Crippen LogP contribution in [0.2, 0.25) is 0 Å². The Hall–Kier alpha value is -1.53. The van der Waals surface area contributed by atoms with Crippen molar-refractivity contribution < 1.29 is 0 Å². The maximum absolute atomic E-state index is 5.82. The molecular weight excluding hydrogens is 216 g/mol. The molecule has 0 radical (unpaired) electrons. The van der Waals surface area contributed by atoms with Gasteiger partial charge in [0, 0.05) is 11.5 Å². The summed E-state index contributed by atoms with van der Waals surface area (Å²) < 4.78 is 0. The van der Waals surface area contributed by atoms with Crippen molar-refractivity contribution in [2.75, 3.05) is 0 Å². The maximum Gasteiger partial charge on any atom is 0.0153 e. The first-order chi connectivity index (χ1) is 7.75. The van der Waals surface area contributed by atoms with Gasteiger partial charge in [-0.25, -0.2) is 0 Å². The van der Waals surface area contributed by atoms with E-state index in [-0.39, 0.29) is 0 Å². The Morgan fingerprint density at radius 1 is 0.938 bits per heavy atom. The second-order valence-electron chi connectivity index (χ2n) is 3.76. The first-order valence-electron chi connectivity index (χ1n) is 5.23. The molecular formula is C15H13Cl. The molecule has 0 bridgehead atoms. The van der Waals surface area contributed by atoms with Gasteiger partial charge in [-0.3, -0.25) is 0 Å². The number of hydrogen-bond acceptors (Lipinski definition) is 0. The van der Waals surface area contributed by atoms with Gasteiger partial charge in [-0.1, -0.05) is 72.8 Å². The summed E-state index contributed by atoms with van der Waals surface area (Å²) in [6, 6.07) is 18.7. The summed E-state index contributed by atoms with van der Waals surface area (Å²) in [5.41, 5.74) is 3.64. The predicted octanol–water partition coefficient (Wildman–Crippen LogP) is 4.65. The van der Waals surface area contributed by atoms with E-state index in [0.29, 0.717) is 5.03 Å². The van der Waals surface area contributed by atoms with E-state index in [9.17, 15) is 0 Å². The molecule has 1 heteroatoms. The summed E-state index contributed by atoms with van der Waals surface area (Å²) in [5.74, 6) is 0. The lowest BCUT2D eigenvalue weighted by Gasteiger charge is -2.04. The molecule has 0 aliphatic carbocycles.